The molecule has 2 unspecified atom stereocenters. The van der Waals surface area contributed by atoms with Crippen LogP contribution in [0.1, 0.15) is 58.9 Å². The minimum Gasteiger partial charge on any atom is -0.444 e. The molecule has 0 saturated heterocycles. The third kappa shape index (κ3) is 6.79. The zero-order valence-corrected chi connectivity index (χ0v) is 15.4. The highest BCUT2D eigenvalue weighted by Gasteiger charge is 2.21. The topological polar surface area (TPSA) is 50.4 Å². The van der Waals surface area contributed by atoms with Crippen LogP contribution < -0.4 is 10.6 Å². The van der Waals surface area contributed by atoms with E-state index in [2.05, 4.69) is 48.9 Å². The van der Waals surface area contributed by atoms with Gasteiger partial charge in [-0.1, -0.05) is 26.8 Å². The maximum atomic E-state index is 11.8. The Hall–Kier alpha value is -1.07. The number of carbonyl (C=O) groups is 1. The lowest BCUT2D eigenvalue weighted by molar-refractivity contribution is 0.0521. The van der Waals surface area contributed by atoms with E-state index >= 15 is 0 Å². The molecule has 0 saturated carbocycles. The van der Waals surface area contributed by atoms with Gasteiger partial charge in [0, 0.05) is 23.5 Å². The van der Waals surface area contributed by atoms with Crippen molar-refractivity contribution in [1.29, 1.82) is 0 Å². The van der Waals surface area contributed by atoms with Gasteiger partial charge in [0.15, 0.2) is 0 Å². The van der Waals surface area contributed by atoms with E-state index in [1.165, 1.54) is 4.88 Å². The van der Waals surface area contributed by atoms with Crippen LogP contribution in [-0.4, -0.2) is 24.3 Å². The Morgan fingerprint density at radius 2 is 2.05 bits per heavy atom. The molecule has 0 fully saturated rings. The van der Waals surface area contributed by atoms with E-state index in [1.807, 2.05) is 20.8 Å². The van der Waals surface area contributed by atoms with Gasteiger partial charge in [0.05, 0.1) is 0 Å². The highest BCUT2D eigenvalue weighted by molar-refractivity contribution is 7.10. The summed E-state index contributed by atoms with van der Waals surface area (Å²) in [6.07, 6.45) is 0.592. The lowest BCUT2D eigenvalue weighted by atomic mass is 10.0. The third-order valence-corrected chi connectivity index (χ3v) is 4.27. The molecule has 1 rings (SSSR count). The highest BCUT2D eigenvalue weighted by Crippen LogP contribution is 2.26. The zero-order chi connectivity index (χ0) is 16.8. The summed E-state index contributed by atoms with van der Waals surface area (Å²) in [6.45, 7) is 12.7. The summed E-state index contributed by atoms with van der Waals surface area (Å²) in [6, 6.07) is 4.78. The fourth-order valence-corrected chi connectivity index (χ4v) is 3.13. The number of hydrogen-bond donors (Lipinski definition) is 2. The van der Waals surface area contributed by atoms with Gasteiger partial charge in [0.1, 0.15) is 5.60 Å². The van der Waals surface area contributed by atoms with Crippen LogP contribution in [0.4, 0.5) is 4.79 Å². The first-order valence-electron chi connectivity index (χ1n) is 7.99. The van der Waals surface area contributed by atoms with Crippen LogP contribution in [0.5, 0.6) is 0 Å². The molecule has 1 heterocycles. The van der Waals surface area contributed by atoms with Gasteiger partial charge in [-0.3, -0.25) is 0 Å². The summed E-state index contributed by atoms with van der Waals surface area (Å²) >= 11 is 1.77. The molecule has 4 nitrogen and oxygen atoms in total. The van der Waals surface area contributed by atoms with Gasteiger partial charge < -0.3 is 15.4 Å². The maximum absolute atomic E-state index is 11.8. The highest BCUT2D eigenvalue weighted by atomic mass is 32.1. The summed E-state index contributed by atoms with van der Waals surface area (Å²) in [5.74, 6) is 0.495. The molecule has 0 aliphatic rings. The SMILES string of the molecule is CCC(CNC(=O)OC(C)(C)C)NC(c1cccs1)C(C)C. The van der Waals surface area contributed by atoms with Crippen molar-refractivity contribution < 1.29 is 9.53 Å². The molecule has 0 spiro atoms. The van der Waals surface area contributed by atoms with Crippen molar-refractivity contribution in [1.82, 2.24) is 10.6 Å². The van der Waals surface area contributed by atoms with Gasteiger partial charge in [-0.2, -0.15) is 0 Å². The smallest absolute Gasteiger partial charge is 0.407 e. The van der Waals surface area contributed by atoms with Crippen molar-refractivity contribution in [2.75, 3.05) is 6.54 Å². The predicted octanol–water partition coefficient (Wildman–Crippen LogP) is 4.34. The van der Waals surface area contributed by atoms with Crippen molar-refractivity contribution in [3.05, 3.63) is 22.4 Å². The quantitative estimate of drug-likeness (QED) is 0.784. The summed E-state index contributed by atoms with van der Waals surface area (Å²) < 4.78 is 5.28. The number of nitrogens with one attached hydrogen (secondary N) is 2. The van der Waals surface area contributed by atoms with Crippen molar-refractivity contribution in [2.45, 2.75) is 65.6 Å². The normalized spacial score (nSPS) is 14.7. The van der Waals surface area contributed by atoms with E-state index < -0.39 is 5.60 Å². The average molecular weight is 327 g/mol. The Bertz CT molecular complexity index is 438. The van der Waals surface area contributed by atoms with Crippen molar-refractivity contribution in [3.8, 4) is 0 Å². The molecule has 0 bridgehead atoms. The lowest BCUT2D eigenvalue weighted by Gasteiger charge is -2.28. The maximum Gasteiger partial charge on any atom is 0.407 e. The second-order valence-corrected chi connectivity index (χ2v) is 7.87. The summed E-state index contributed by atoms with van der Waals surface area (Å²) in [4.78, 5) is 13.1. The Kier molecular flexibility index (Phi) is 7.36. The number of rotatable bonds is 7. The second-order valence-electron chi connectivity index (χ2n) is 6.89. The van der Waals surface area contributed by atoms with E-state index in [-0.39, 0.29) is 12.1 Å². The van der Waals surface area contributed by atoms with Crippen molar-refractivity contribution in [3.63, 3.8) is 0 Å². The third-order valence-electron chi connectivity index (χ3n) is 3.32. The number of hydrogen-bond acceptors (Lipinski definition) is 4. The summed E-state index contributed by atoms with van der Waals surface area (Å²) in [5, 5.41) is 8.63. The van der Waals surface area contributed by atoms with Gasteiger partial charge in [0.25, 0.3) is 0 Å². The summed E-state index contributed by atoms with van der Waals surface area (Å²) in [7, 11) is 0. The van der Waals surface area contributed by atoms with Crippen LogP contribution in [-0.2, 0) is 4.74 Å². The number of thiophene rings is 1. The van der Waals surface area contributed by atoms with Gasteiger partial charge in [-0.25, -0.2) is 4.79 Å². The Morgan fingerprint density at radius 1 is 1.36 bits per heavy atom. The standard InChI is InChI=1S/C17H30N2O2S/c1-7-13(11-18-16(20)21-17(4,5)6)19-15(12(2)3)14-9-8-10-22-14/h8-10,12-13,15,19H,7,11H2,1-6H3,(H,18,20). The van der Waals surface area contributed by atoms with E-state index in [0.717, 1.165) is 6.42 Å². The molecule has 22 heavy (non-hydrogen) atoms. The Balaban J connectivity index is 2.55. The van der Waals surface area contributed by atoms with E-state index in [4.69, 9.17) is 4.74 Å². The molecule has 0 aliphatic heterocycles. The van der Waals surface area contributed by atoms with Crippen LogP contribution in [0, 0.1) is 5.92 Å². The van der Waals surface area contributed by atoms with Gasteiger partial charge in [-0.15, -0.1) is 11.3 Å². The number of amides is 1. The molecule has 2 N–H and O–H groups in total. The number of alkyl carbamates (subject to hydrolysis) is 1. The molecular formula is C17H30N2O2S. The van der Waals surface area contributed by atoms with Gasteiger partial charge in [-0.05, 0) is 44.6 Å². The van der Waals surface area contributed by atoms with E-state index in [9.17, 15) is 4.79 Å². The van der Waals surface area contributed by atoms with Crippen LogP contribution in [0.15, 0.2) is 17.5 Å². The van der Waals surface area contributed by atoms with Crippen LogP contribution in [0.3, 0.4) is 0 Å². The predicted molar refractivity (Wildman–Crippen MR) is 93.3 cm³/mol. The molecule has 0 radical (unpaired) electrons. The van der Waals surface area contributed by atoms with Crippen molar-refractivity contribution in [2.24, 2.45) is 5.92 Å². The molecule has 2 atom stereocenters. The molecule has 0 aliphatic carbocycles. The first-order valence-corrected chi connectivity index (χ1v) is 8.87. The fraction of sp³-hybridized carbons (Fsp3) is 0.706. The first kappa shape index (κ1) is 19.0. The Labute approximate surface area is 138 Å². The lowest BCUT2D eigenvalue weighted by Crippen LogP contribution is -2.44. The van der Waals surface area contributed by atoms with Gasteiger partial charge in [0.2, 0.25) is 0 Å². The zero-order valence-electron chi connectivity index (χ0n) is 14.6. The molecule has 1 aromatic heterocycles. The molecule has 126 valence electrons. The fourth-order valence-electron chi connectivity index (χ4n) is 2.17. The van der Waals surface area contributed by atoms with Gasteiger partial charge >= 0.3 is 6.09 Å². The number of carbonyl (C=O) groups excluding carboxylic acids is 1. The summed E-state index contributed by atoms with van der Waals surface area (Å²) in [5.41, 5.74) is -0.462. The van der Waals surface area contributed by atoms with Crippen molar-refractivity contribution >= 4 is 17.4 Å². The number of ether oxygens (including phenoxy) is 1. The van der Waals surface area contributed by atoms with Crippen LogP contribution in [0.25, 0.3) is 0 Å². The van der Waals surface area contributed by atoms with E-state index in [0.29, 0.717) is 18.5 Å². The molecular weight excluding hydrogens is 296 g/mol. The molecule has 0 aromatic carbocycles. The first-order chi connectivity index (χ1) is 10.2. The van der Waals surface area contributed by atoms with Crippen LogP contribution in [0.2, 0.25) is 0 Å². The second kappa shape index (κ2) is 8.53. The molecule has 5 heteroatoms. The minimum atomic E-state index is -0.462. The molecule has 1 aromatic rings. The average Bonchev–Trinajstić information content (AvgIpc) is 2.90. The van der Waals surface area contributed by atoms with E-state index in [1.54, 1.807) is 11.3 Å². The van der Waals surface area contributed by atoms with Crippen LogP contribution >= 0.6 is 11.3 Å². The minimum absolute atomic E-state index is 0.224. The molecule has 1 amide bonds. The Morgan fingerprint density at radius 3 is 2.50 bits per heavy atom. The monoisotopic (exact) mass is 326 g/mol. The largest absolute Gasteiger partial charge is 0.444 e.